The van der Waals surface area contributed by atoms with Crippen LogP contribution in [0, 0.1) is 0 Å². The molecule has 29 heavy (non-hydrogen) atoms. The van der Waals surface area contributed by atoms with E-state index in [1.165, 1.54) is 11.3 Å². The number of thiazole rings is 1. The topological polar surface area (TPSA) is 59.5 Å². The number of amides is 1. The lowest BCUT2D eigenvalue weighted by molar-refractivity contribution is -0.144. The van der Waals surface area contributed by atoms with Crippen LogP contribution < -0.4 is 4.90 Å². The fourth-order valence-electron chi connectivity index (χ4n) is 2.73. The zero-order chi connectivity index (χ0) is 21.0. The molecule has 0 aliphatic carbocycles. The van der Waals surface area contributed by atoms with Gasteiger partial charge in [0, 0.05) is 17.1 Å². The van der Waals surface area contributed by atoms with Crippen molar-refractivity contribution in [3.05, 3.63) is 56.5 Å². The second kappa shape index (κ2) is 9.76. The monoisotopic (exact) mass is 470 g/mol. The molecule has 1 heterocycles. The van der Waals surface area contributed by atoms with Crippen molar-refractivity contribution in [2.45, 2.75) is 26.3 Å². The number of carbonyl (C=O) groups is 2. The highest BCUT2D eigenvalue weighted by molar-refractivity contribution is 7.18. The van der Waals surface area contributed by atoms with Crippen molar-refractivity contribution in [1.82, 2.24) is 4.98 Å². The highest BCUT2D eigenvalue weighted by atomic mass is 35.5. The van der Waals surface area contributed by atoms with E-state index < -0.39 is 5.97 Å². The van der Waals surface area contributed by atoms with Crippen LogP contribution in [0.15, 0.2) is 36.4 Å². The number of fused-ring (bicyclic) bond motifs is 1. The van der Waals surface area contributed by atoms with E-state index in [-0.39, 0.29) is 31.9 Å². The minimum Gasteiger partial charge on any atom is -0.466 e. The number of benzene rings is 2. The molecule has 2 aromatic carbocycles. The molecular formula is C20H17Cl3N2O3S. The first kappa shape index (κ1) is 21.8. The maximum absolute atomic E-state index is 12.9. The summed E-state index contributed by atoms with van der Waals surface area (Å²) in [6.45, 7) is 2.22. The van der Waals surface area contributed by atoms with Gasteiger partial charge in [-0.15, -0.1) is 11.3 Å². The van der Waals surface area contributed by atoms with Gasteiger partial charge >= 0.3 is 5.97 Å². The average Bonchev–Trinajstić information content (AvgIpc) is 3.11. The molecule has 0 N–H and O–H groups in total. The van der Waals surface area contributed by atoms with Crippen LogP contribution in [-0.2, 0) is 20.9 Å². The van der Waals surface area contributed by atoms with E-state index in [1.807, 2.05) is 6.07 Å². The van der Waals surface area contributed by atoms with Crippen LogP contribution >= 0.6 is 46.1 Å². The Morgan fingerprint density at radius 2 is 1.93 bits per heavy atom. The first-order chi connectivity index (χ1) is 13.9. The van der Waals surface area contributed by atoms with Crippen LogP contribution in [0.25, 0.3) is 10.2 Å². The molecule has 0 spiro atoms. The van der Waals surface area contributed by atoms with Gasteiger partial charge in [-0.1, -0.05) is 40.9 Å². The van der Waals surface area contributed by atoms with Gasteiger partial charge in [0.25, 0.3) is 0 Å². The van der Waals surface area contributed by atoms with E-state index in [9.17, 15) is 9.59 Å². The molecule has 0 atom stereocenters. The Bertz CT molecular complexity index is 1050. The summed E-state index contributed by atoms with van der Waals surface area (Å²) >= 11 is 19.9. The number of ether oxygens (including phenoxy) is 1. The second-order valence-corrected chi connectivity index (χ2v) is 8.42. The number of nitrogens with zero attached hydrogens (tertiary/aromatic N) is 2. The molecule has 152 valence electrons. The van der Waals surface area contributed by atoms with Gasteiger partial charge in [0.2, 0.25) is 5.91 Å². The lowest BCUT2D eigenvalue weighted by Crippen LogP contribution is -2.30. The summed E-state index contributed by atoms with van der Waals surface area (Å²) in [7, 11) is 0. The van der Waals surface area contributed by atoms with E-state index in [0.29, 0.717) is 31.3 Å². The van der Waals surface area contributed by atoms with Gasteiger partial charge in [0.15, 0.2) is 0 Å². The molecular weight excluding hydrogens is 455 g/mol. The van der Waals surface area contributed by atoms with Gasteiger partial charge in [-0.05, 0) is 37.3 Å². The van der Waals surface area contributed by atoms with Crippen molar-refractivity contribution in [2.24, 2.45) is 0 Å². The van der Waals surface area contributed by atoms with Crippen molar-refractivity contribution in [1.29, 1.82) is 0 Å². The molecule has 0 aliphatic rings. The number of hydrogen-bond donors (Lipinski definition) is 0. The molecule has 1 aromatic heterocycles. The van der Waals surface area contributed by atoms with Gasteiger partial charge in [-0.3, -0.25) is 9.59 Å². The quantitative estimate of drug-likeness (QED) is 0.389. The van der Waals surface area contributed by atoms with Crippen LogP contribution in [0.5, 0.6) is 0 Å². The third kappa shape index (κ3) is 5.39. The van der Waals surface area contributed by atoms with Crippen LogP contribution in [0.3, 0.4) is 0 Å². The van der Waals surface area contributed by atoms with Crippen molar-refractivity contribution in [2.75, 3.05) is 11.5 Å². The summed E-state index contributed by atoms with van der Waals surface area (Å²) in [4.78, 5) is 30.7. The minimum absolute atomic E-state index is 0.00498. The minimum atomic E-state index is -0.409. The van der Waals surface area contributed by atoms with Crippen molar-refractivity contribution in [3.63, 3.8) is 0 Å². The van der Waals surface area contributed by atoms with Crippen molar-refractivity contribution < 1.29 is 14.3 Å². The largest absolute Gasteiger partial charge is 0.466 e. The molecule has 0 fully saturated rings. The predicted molar refractivity (Wildman–Crippen MR) is 118 cm³/mol. The SMILES string of the molecule is CCOC(=O)CCC(=O)N(Cc1nc2c(Cl)c(Cl)ccc2s1)c1cccc(Cl)c1. The molecule has 0 bridgehead atoms. The van der Waals surface area contributed by atoms with E-state index in [4.69, 9.17) is 39.5 Å². The molecule has 0 radical (unpaired) electrons. The Labute approximate surface area is 187 Å². The third-order valence-corrected chi connectivity index (χ3v) is 6.09. The molecule has 0 saturated carbocycles. The van der Waals surface area contributed by atoms with Crippen molar-refractivity contribution >= 4 is 73.9 Å². The number of aromatic nitrogens is 1. The lowest BCUT2D eigenvalue weighted by Gasteiger charge is -2.22. The highest BCUT2D eigenvalue weighted by Gasteiger charge is 2.20. The summed E-state index contributed by atoms with van der Waals surface area (Å²) in [6, 6.07) is 10.5. The Balaban J connectivity index is 1.88. The Morgan fingerprint density at radius 3 is 2.66 bits per heavy atom. The maximum atomic E-state index is 12.9. The average molecular weight is 472 g/mol. The lowest BCUT2D eigenvalue weighted by atomic mass is 10.2. The number of rotatable bonds is 7. The highest BCUT2D eigenvalue weighted by Crippen LogP contribution is 2.34. The Kier molecular flexibility index (Phi) is 7.35. The molecule has 0 unspecified atom stereocenters. The normalized spacial score (nSPS) is 10.9. The summed E-state index contributed by atoms with van der Waals surface area (Å²) in [5.41, 5.74) is 1.22. The maximum Gasteiger partial charge on any atom is 0.306 e. The zero-order valence-corrected chi connectivity index (χ0v) is 18.5. The Hall–Kier alpha value is -1.86. The number of hydrogen-bond acceptors (Lipinski definition) is 5. The third-order valence-electron chi connectivity index (χ3n) is 4.06. The summed E-state index contributed by atoms with van der Waals surface area (Å²) in [5, 5.41) is 2.00. The van der Waals surface area contributed by atoms with E-state index in [2.05, 4.69) is 4.98 Å². The first-order valence-corrected chi connectivity index (χ1v) is 10.8. The first-order valence-electron chi connectivity index (χ1n) is 8.84. The van der Waals surface area contributed by atoms with E-state index in [0.717, 1.165) is 4.70 Å². The molecule has 1 amide bonds. The Morgan fingerprint density at radius 1 is 1.14 bits per heavy atom. The number of halogens is 3. The second-order valence-electron chi connectivity index (χ2n) is 6.08. The number of esters is 1. The van der Waals surface area contributed by atoms with Gasteiger partial charge in [0.05, 0.1) is 34.3 Å². The van der Waals surface area contributed by atoms with Gasteiger partial charge in [-0.2, -0.15) is 0 Å². The summed E-state index contributed by atoms with van der Waals surface area (Å²) < 4.78 is 5.79. The number of anilines is 1. The van der Waals surface area contributed by atoms with Gasteiger partial charge < -0.3 is 9.64 Å². The summed E-state index contributed by atoms with van der Waals surface area (Å²) in [5.74, 6) is -0.642. The van der Waals surface area contributed by atoms with Crippen LogP contribution in [-0.4, -0.2) is 23.5 Å². The molecule has 0 aliphatic heterocycles. The number of carbonyl (C=O) groups excluding carboxylic acids is 2. The fourth-order valence-corrected chi connectivity index (χ4v) is 4.30. The van der Waals surface area contributed by atoms with E-state index >= 15 is 0 Å². The molecule has 3 rings (SSSR count). The zero-order valence-electron chi connectivity index (χ0n) is 15.5. The van der Waals surface area contributed by atoms with Crippen LogP contribution in [0.1, 0.15) is 24.8 Å². The standard InChI is InChI=1S/C20H17Cl3N2O3S/c1-2-28-18(27)9-8-17(26)25(13-5-3-4-12(21)10-13)11-16-24-20-15(29-16)7-6-14(22)19(20)23/h3-7,10H,2,8-9,11H2,1H3. The molecule has 9 heteroatoms. The van der Waals surface area contributed by atoms with E-state index in [1.54, 1.807) is 42.2 Å². The van der Waals surface area contributed by atoms with Crippen LogP contribution in [0.4, 0.5) is 5.69 Å². The van der Waals surface area contributed by atoms with Crippen LogP contribution in [0.2, 0.25) is 15.1 Å². The fraction of sp³-hybridized carbons (Fsp3) is 0.250. The van der Waals surface area contributed by atoms with Crippen molar-refractivity contribution in [3.8, 4) is 0 Å². The molecule has 5 nitrogen and oxygen atoms in total. The smallest absolute Gasteiger partial charge is 0.306 e. The summed E-state index contributed by atoms with van der Waals surface area (Å²) in [6.07, 6.45) is 0.0217. The molecule has 0 saturated heterocycles. The predicted octanol–water partition coefficient (Wildman–Crippen LogP) is 6.13. The van der Waals surface area contributed by atoms with Gasteiger partial charge in [-0.25, -0.2) is 4.98 Å². The molecule has 3 aromatic rings. The van der Waals surface area contributed by atoms with Gasteiger partial charge in [0.1, 0.15) is 10.5 Å².